The number of nitrogens with one attached hydrogen (secondary N) is 1. The summed E-state index contributed by atoms with van der Waals surface area (Å²) in [6.07, 6.45) is 0.396. The van der Waals surface area contributed by atoms with E-state index in [9.17, 15) is 13.2 Å². The van der Waals surface area contributed by atoms with E-state index >= 15 is 0 Å². The van der Waals surface area contributed by atoms with Gasteiger partial charge in [-0.25, -0.2) is 0 Å². The van der Waals surface area contributed by atoms with Gasteiger partial charge in [0.2, 0.25) is 0 Å². The Balaban J connectivity index is 2.44. The second-order valence-electron chi connectivity index (χ2n) is 5.21. The Morgan fingerprint density at radius 2 is 1.94 bits per heavy atom. The van der Waals surface area contributed by atoms with Crippen LogP contribution in [-0.4, -0.2) is 39.5 Å². The van der Waals surface area contributed by atoms with E-state index in [1.165, 1.54) is 0 Å². The van der Waals surface area contributed by atoms with E-state index in [4.69, 9.17) is 8.92 Å². The van der Waals surface area contributed by atoms with Crippen LogP contribution < -0.4 is 5.32 Å². The summed E-state index contributed by atoms with van der Waals surface area (Å²) in [7, 11) is -3.47. The monoisotopic (exact) mass is 265 g/mol. The fourth-order valence-corrected chi connectivity index (χ4v) is 2.03. The van der Waals surface area contributed by atoms with Gasteiger partial charge in [-0.1, -0.05) is 0 Å². The molecule has 0 aromatic rings. The number of esters is 1. The Hall–Kier alpha value is -0.660. The zero-order valence-electron chi connectivity index (χ0n) is 10.5. The normalized spacial score (nSPS) is 25.9. The van der Waals surface area contributed by atoms with Gasteiger partial charge in [0.05, 0.1) is 17.8 Å². The third kappa shape index (κ3) is 5.01. The minimum Gasteiger partial charge on any atom is -0.446 e. The average molecular weight is 265 g/mol. The number of carbonyl (C=O) groups excluding carboxylic acids is 1. The summed E-state index contributed by atoms with van der Waals surface area (Å²) < 4.78 is 31.8. The van der Waals surface area contributed by atoms with Crippen molar-refractivity contribution in [3.63, 3.8) is 0 Å². The lowest BCUT2D eigenvalue weighted by atomic mass is 9.97. The standard InChI is InChI=1S/C10H19NO5S/c1-10(2,3)9(12)15-8-5-7(6-11-8)16-17(4,13)14/h7-8,11H,5-6H2,1-4H3/t7-,8?/m0/s1. The highest BCUT2D eigenvalue weighted by Crippen LogP contribution is 2.20. The molecule has 0 amide bonds. The third-order valence-corrected chi connectivity index (χ3v) is 2.84. The van der Waals surface area contributed by atoms with E-state index in [0.717, 1.165) is 6.26 Å². The molecule has 1 fully saturated rings. The molecule has 1 N–H and O–H groups in total. The number of hydrogen-bond donors (Lipinski definition) is 1. The minimum atomic E-state index is -3.47. The highest BCUT2D eigenvalue weighted by atomic mass is 32.2. The fraction of sp³-hybridized carbons (Fsp3) is 0.900. The number of hydrogen-bond acceptors (Lipinski definition) is 6. The zero-order valence-corrected chi connectivity index (χ0v) is 11.3. The van der Waals surface area contributed by atoms with Crippen LogP contribution >= 0.6 is 0 Å². The Bertz CT molecular complexity index is 384. The van der Waals surface area contributed by atoms with Crippen molar-refractivity contribution >= 4 is 16.1 Å². The molecule has 0 aromatic carbocycles. The second-order valence-corrected chi connectivity index (χ2v) is 6.81. The van der Waals surface area contributed by atoms with Gasteiger partial charge in [0.25, 0.3) is 10.1 Å². The molecule has 1 saturated heterocycles. The molecule has 0 radical (unpaired) electrons. The predicted molar refractivity (Wildman–Crippen MR) is 61.7 cm³/mol. The van der Waals surface area contributed by atoms with Gasteiger partial charge in [-0.15, -0.1) is 0 Å². The smallest absolute Gasteiger partial charge is 0.312 e. The van der Waals surface area contributed by atoms with Crippen LogP contribution in [0.3, 0.4) is 0 Å². The van der Waals surface area contributed by atoms with Crippen molar-refractivity contribution in [2.45, 2.75) is 39.5 Å². The first-order valence-corrected chi connectivity index (χ1v) is 7.22. The average Bonchev–Trinajstić information content (AvgIpc) is 2.47. The van der Waals surface area contributed by atoms with Gasteiger partial charge in [0.1, 0.15) is 0 Å². The summed E-state index contributed by atoms with van der Waals surface area (Å²) in [5, 5.41) is 2.90. The number of ether oxygens (including phenoxy) is 1. The van der Waals surface area contributed by atoms with Gasteiger partial charge in [-0.05, 0) is 20.8 Å². The van der Waals surface area contributed by atoms with Crippen LogP contribution in [0.25, 0.3) is 0 Å². The molecule has 1 unspecified atom stereocenters. The van der Waals surface area contributed by atoms with Crippen LogP contribution in [0.2, 0.25) is 0 Å². The first-order chi connectivity index (χ1) is 7.58. The summed E-state index contributed by atoms with van der Waals surface area (Å²) in [6, 6.07) is 0. The molecule has 1 aliphatic heterocycles. The first-order valence-electron chi connectivity index (χ1n) is 5.40. The lowest BCUT2D eigenvalue weighted by Crippen LogP contribution is -2.33. The summed E-state index contributed by atoms with van der Waals surface area (Å²) in [5.74, 6) is -0.324. The molecule has 0 aromatic heterocycles. The van der Waals surface area contributed by atoms with Gasteiger partial charge in [0, 0.05) is 13.0 Å². The van der Waals surface area contributed by atoms with Gasteiger partial charge >= 0.3 is 5.97 Å². The Kier molecular flexibility index (Phi) is 4.16. The second kappa shape index (κ2) is 4.91. The third-order valence-electron chi connectivity index (χ3n) is 2.22. The van der Waals surface area contributed by atoms with Crippen LogP contribution in [0.5, 0.6) is 0 Å². The van der Waals surface area contributed by atoms with Crippen molar-refractivity contribution in [3.8, 4) is 0 Å². The molecule has 7 heteroatoms. The van der Waals surface area contributed by atoms with Gasteiger partial charge < -0.3 is 4.74 Å². The summed E-state index contributed by atoms with van der Waals surface area (Å²) in [4.78, 5) is 11.6. The molecule has 1 aliphatic rings. The van der Waals surface area contributed by atoms with Crippen molar-refractivity contribution < 1.29 is 22.1 Å². The molecule has 6 nitrogen and oxygen atoms in total. The van der Waals surface area contributed by atoms with Crippen molar-refractivity contribution in [1.82, 2.24) is 5.32 Å². The number of carbonyl (C=O) groups is 1. The zero-order chi connectivity index (χ0) is 13.3. The van der Waals surface area contributed by atoms with Gasteiger partial charge in [-0.3, -0.25) is 14.3 Å². The molecular weight excluding hydrogens is 246 g/mol. The molecule has 100 valence electrons. The lowest BCUT2D eigenvalue weighted by molar-refractivity contribution is -0.159. The minimum absolute atomic E-state index is 0.324. The van der Waals surface area contributed by atoms with E-state index in [2.05, 4.69) is 5.32 Å². The lowest BCUT2D eigenvalue weighted by Gasteiger charge is -2.20. The van der Waals surface area contributed by atoms with Crippen LogP contribution in [0.1, 0.15) is 27.2 Å². The first kappa shape index (κ1) is 14.4. The largest absolute Gasteiger partial charge is 0.446 e. The summed E-state index contributed by atoms with van der Waals surface area (Å²) in [5.41, 5.74) is -0.572. The quantitative estimate of drug-likeness (QED) is 0.581. The maximum atomic E-state index is 11.6. The maximum Gasteiger partial charge on any atom is 0.312 e. The molecular formula is C10H19NO5S. The molecule has 1 rings (SSSR count). The van der Waals surface area contributed by atoms with Crippen molar-refractivity contribution in [2.24, 2.45) is 5.41 Å². The molecule has 0 bridgehead atoms. The summed E-state index contributed by atoms with van der Waals surface area (Å²) >= 11 is 0. The van der Waals surface area contributed by atoms with Crippen molar-refractivity contribution in [2.75, 3.05) is 12.8 Å². The Morgan fingerprint density at radius 3 is 2.41 bits per heavy atom. The van der Waals surface area contributed by atoms with E-state index in [0.29, 0.717) is 13.0 Å². The predicted octanol–water partition coefficient (Wildman–Crippen LogP) is 0.240. The molecule has 1 heterocycles. The highest BCUT2D eigenvalue weighted by molar-refractivity contribution is 7.86. The van der Waals surface area contributed by atoms with Gasteiger partial charge in [0.15, 0.2) is 6.23 Å². The maximum absolute atomic E-state index is 11.6. The van der Waals surface area contributed by atoms with E-state index in [1.54, 1.807) is 20.8 Å². The fourth-order valence-electron chi connectivity index (χ4n) is 1.38. The molecule has 17 heavy (non-hydrogen) atoms. The topological polar surface area (TPSA) is 81.7 Å². The van der Waals surface area contributed by atoms with Crippen LogP contribution in [0.15, 0.2) is 0 Å². The molecule has 2 atom stereocenters. The van der Waals surface area contributed by atoms with Crippen LogP contribution in [-0.2, 0) is 23.8 Å². The molecule has 0 aliphatic carbocycles. The van der Waals surface area contributed by atoms with E-state index < -0.39 is 27.9 Å². The summed E-state index contributed by atoms with van der Waals surface area (Å²) in [6.45, 7) is 5.63. The van der Waals surface area contributed by atoms with Crippen molar-refractivity contribution in [3.05, 3.63) is 0 Å². The van der Waals surface area contributed by atoms with Crippen LogP contribution in [0.4, 0.5) is 0 Å². The molecule has 0 spiro atoms. The van der Waals surface area contributed by atoms with Crippen molar-refractivity contribution in [1.29, 1.82) is 0 Å². The Morgan fingerprint density at radius 1 is 1.35 bits per heavy atom. The molecule has 0 saturated carbocycles. The SMILES string of the molecule is CC(C)(C)C(=O)OC1C[C@H](OS(C)(=O)=O)CN1. The van der Waals surface area contributed by atoms with Crippen LogP contribution in [0, 0.1) is 5.41 Å². The highest BCUT2D eigenvalue weighted by Gasteiger charge is 2.33. The van der Waals surface area contributed by atoms with E-state index in [-0.39, 0.29) is 5.97 Å². The van der Waals surface area contributed by atoms with E-state index in [1.807, 2.05) is 0 Å². The number of rotatable bonds is 3. The Labute approximate surface area is 102 Å². The van der Waals surface area contributed by atoms with Gasteiger partial charge in [-0.2, -0.15) is 8.42 Å².